The number of carbonyl (C=O) groups excluding carboxylic acids is 2. The van der Waals surface area contributed by atoms with Crippen LogP contribution in [0.1, 0.15) is 33.2 Å². The summed E-state index contributed by atoms with van der Waals surface area (Å²) < 4.78 is 10.6. The molecule has 30 heavy (non-hydrogen) atoms. The van der Waals surface area contributed by atoms with Gasteiger partial charge in [0.2, 0.25) is 0 Å². The van der Waals surface area contributed by atoms with Gasteiger partial charge in [-0.2, -0.15) is 0 Å². The molecule has 1 N–H and O–H groups in total. The van der Waals surface area contributed by atoms with Gasteiger partial charge in [0, 0.05) is 11.1 Å². The third-order valence-corrected chi connectivity index (χ3v) is 4.72. The fraction of sp³-hybridized carbons (Fsp3) is 0.125. The quantitative estimate of drug-likeness (QED) is 0.464. The number of benzene rings is 3. The van der Waals surface area contributed by atoms with E-state index in [1.165, 1.54) is 0 Å². The Morgan fingerprint density at radius 1 is 1.03 bits per heavy atom. The first-order valence-electron chi connectivity index (χ1n) is 9.61. The lowest BCUT2D eigenvalue weighted by Crippen LogP contribution is -2.15. The van der Waals surface area contributed by atoms with E-state index in [0.29, 0.717) is 28.1 Å². The fourth-order valence-electron chi connectivity index (χ4n) is 3.17. The van der Waals surface area contributed by atoms with Crippen LogP contribution in [0, 0.1) is 6.92 Å². The third kappa shape index (κ3) is 3.80. The molecule has 0 aliphatic heterocycles. The summed E-state index contributed by atoms with van der Waals surface area (Å²) in [7, 11) is 0. The van der Waals surface area contributed by atoms with E-state index < -0.39 is 5.97 Å². The SMILES string of the molecule is CCOC(=O)c1ccccc1NC(=O)c1ccc2noc(-c3ccc(C)cc3)c2c1. The molecule has 0 saturated carbocycles. The Hall–Kier alpha value is -3.93. The predicted molar refractivity (Wildman–Crippen MR) is 115 cm³/mol. The number of rotatable bonds is 5. The van der Waals surface area contributed by atoms with Crippen LogP contribution in [-0.4, -0.2) is 23.6 Å². The fourth-order valence-corrected chi connectivity index (χ4v) is 3.17. The number of hydrogen-bond donors (Lipinski definition) is 1. The number of nitrogens with one attached hydrogen (secondary N) is 1. The minimum atomic E-state index is -0.482. The average Bonchev–Trinajstić information content (AvgIpc) is 3.18. The maximum atomic E-state index is 12.9. The van der Waals surface area contributed by atoms with Crippen molar-refractivity contribution in [3.05, 3.63) is 83.4 Å². The number of aryl methyl sites for hydroxylation is 1. The molecule has 1 amide bonds. The van der Waals surface area contributed by atoms with Gasteiger partial charge in [0.1, 0.15) is 5.52 Å². The van der Waals surface area contributed by atoms with E-state index in [4.69, 9.17) is 9.26 Å². The molecule has 6 heteroatoms. The van der Waals surface area contributed by atoms with Crippen molar-refractivity contribution >= 4 is 28.5 Å². The van der Waals surface area contributed by atoms with Crippen LogP contribution in [0.15, 0.2) is 71.3 Å². The molecule has 0 aliphatic rings. The number of esters is 1. The molecule has 0 fully saturated rings. The largest absolute Gasteiger partial charge is 0.462 e. The molecule has 4 aromatic rings. The van der Waals surface area contributed by atoms with E-state index in [-0.39, 0.29) is 12.5 Å². The maximum Gasteiger partial charge on any atom is 0.340 e. The number of ether oxygens (including phenoxy) is 1. The summed E-state index contributed by atoms with van der Waals surface area (Å²) in [5, 5.41) is 7.63. The van der Waals surface area contributed by atoms with Crippen molar-refractivity contribution in [2.75, 3.05) is 11.9 Å². The first-order valence-corrected chi connectivity index (χ1v) is 9.61. The van der Waals surface area contributed by atoms with Gasteiger partial charge in [-0.3, -0.25) is 4.79 Å². The standard InChI is InChI=1S/C24H20N2O4/c1-3-29-24(28)18-6-4-5-7-20(18)25-23(27)17-12-13-21-19(14-17)22(30-26-21)16-10-8-15(2)9-11-16/h4-14H,3H2,1-2H3,(H,25,27). The van der Waals surface area contributed by atoms with Gasteiger partial charge < -0.3 is 14.6 Å². The number of para-hydroxylation sites is 1. The number of amides is 1. The predicted octanol–water partition coefficient (Wildman–Crippen LogP) is 5.23. The first kappa shape index (κ1) is 19.4. The molecule has 150 valence electrons. The number of nitrogens with zero attached hydrogens (tertiary/aromatic N) is 1. The van der Waals surface area contributed by atoms with E-state index in [0.717, 1.165) is 16.5 Å². The monoisotopic (exact) mass is 400 g/mol. The highest BCUT2D eigenvalue weighted by Crippen LogP contribution is 2.30. The summed E-state index contributed by atoms with van der Waals surface area (Å²) in [6, 6.07) is 19.8. The van der Waals surface area contributed by atoms with E-state index in [1.54, 1.807) is 49.4 Å². The van der Waals surface area contributed by atoms with Crippen LogP contribution < -0.4 is 5.32 Å². The summed E-state index contributed by atoms with van der Waals surface area (Å²) in [5.41, 5.74) is 3.81. The lowest BCUT2D eigenvalue weighted by atomic mass is 10.0. The van der Waals surface area contributed by atoms with Gasteiger partial charge in [-0.1, -0.05) is 47.1 Å². The number of anilines is 1. The number of hydrogen-bond acceptors (Lipinski definition) is 5. The smallest absolute Gasteiger partial charge is 0.340 e. The van der Waals surface area contributed by atoms with Crippen LogP contribution in [0.3, 0.4) is 0 Å². The van der Waals surface area contributed by atoms with Crippen molar-refractivity contribution in [2.45, 2.75) is 13.8 Å². The molecule has 0 saturated heterocycles. The third-order valence-electron chi connectivity index (χ3n) is 4.72. The van der Waals surface area contributed by atoms with Crippen molar-refractivity contribution in [2.24, 2.45) is 0 Å². The Morgan fingerprint density at radius 3 is 2.57 bits per heavy atom. The zero-order valence-electron chi connectivity index (χ0n) is 16.6. The van der Waals surface area contributed by atoms with Crippen molar-refractivity contribution in [1.29, 1.82) is 0 Å². The second-order valence-corrected chi connectivity index (χ2v) is 6.83. The second kappa shape index (κ2) is 8.21. The van der Waals surface area contributed by atoms with Crippen LogP contribution in [0.4, 0.5) is 5.69 Å². The highest BCUT2D eigenvalue weighted by atomic mass is 16.5. The zero-order valence-corrected chi connectivity index (χ0v) is 16.6. The molecule has 0 atom stereocenters. The van der Waals surface area contributed by atoms with Crippen LogP contribution in [-0.2, 0) is 4.74 Å². The number of carbonyl (C=O) groups is 2. The van der Waals surface area contributed by atoms with E-state index in [2.05, 4.69) is 10.5 Å². The van der Waals surface area contributed by atoms with Crippen LogP contribution in [0.25, 0.3) is 22.2 Å². The summed E-state index contributed by atoms with van der Waals surface area (Å²) >= 11 is 0. The van der Waals surface area contributed by atoms with Gasteiger partial charge in [-0.15, -0.1) is 0 Å². The molecule has 0 unspecified atom stereocenters. The van der Waals surface area contributed by atoms with Crippen molar-refractivity contribution < 1.29 is 18.8 Å². The molecular formula is C24H20N2O4. The molecule has 0 bridgehead atoms. The molecule has 1 heterocycles. The summed E-state index contributed by atoms with van der Waals surface area (Å²) in [6.07, 6.45) is 0. The average molecular weight is 400 g/mol. The summed E-state index contributed by atoms with van der Waals surface area (Å²) in [6.45, 7) is 4.00. The molecule has 6 nitrogen and oxygen atoms in total. The Kier molecular flexibility index (Phi) is 5.30. The van der Waals surface area contributed by atoms with Gasteiger partial charge in [0.05, 0.1) is 23.2 Å². The topological polar surface area (TPSA) is 81.4 Å². The molecule has 4 rings (SSSR count). The summed E-state index contributed by atoms with van der Waals surface area (Å²) in [5.74, 6) is -0.221. The molecular weight excluding hydrogens is 380 g/mol. The van der Waals surface area contributed by atoms with E-state index in [9.17, 15) is 9.59 Å². The number of fused-ring (bicyclic) bond motifs is 1. The van der Waals surface area contributed by atoms with Crippen LogP contribution >= 0.6 is 0 Å². The molecule has 0 radical (unpaired) electrons. The molecule has 0 aliphatic carbocycles. The molecule has 0 spiro atoms. The zero-order chi connectivity index (χ0) is 21.1. The van der Waals surface area contributed by atoms with E-state index >= 15 is 0 Å². The second-order valence-electron chi connectivity index (χ2n) is 6.83. The normalized spacial score (nSPS) is 10.7. The molecule has 3 aromatic carbocycles. The van der Waals surface area contributed by atoms with Crippen molar-refractivity contribution in [1.82, 2.24) is 5.16 Å². The highest BCUT2D eigenvalue weighted by Gasteiger charge is 2.17. The number of aromatic nitrogens is 1. The lowest BCUT2D eigenvalue weighted by molar-refractivity contribution is 0.0527. The molecule has 1 aromatic heterocycles. The first-order chi connectivity index (χ1) is 14.6. The summed E-state index contributed by atoms with van der Waals surface area (Å²) in [4.78, 5) is 25.0. The highest BCUT2D eigenvalue weighted by molar-refractivity contribution is 6.10. The Morgan fingerprint density at radius 2 is 1.80 bits per heavy atom. The maximum absolute atomic E-state index is 12.9. The van der Waals surface area contributed by atoms with Gasteiger partial charge >= 0.3 is 5.97 Å². The minimum absolute atomic E-state index is 0.257. The van der Waals surface area contributed by atoms with Crippen molar-refractivity contribution in [3.63, 3.8) is 0 Å². The van der Waals surface area contributed by atoms with Gasteiger partial charge in [0.15, 0.2) is 5.76 Å². The minimum Gasteiger partial charge on any atom is -0.462 e. The lowest BCUT2D eigenvalue weighted by Gasteiger charge is -2.10. The van der Waals surface area contributed by atoms with Gasteiger partial charge in [-0.05, 0) is 44.2 Å². The van der Waals surface area contributed by atoms with Crippen molar-refractivity contribution in [3.8, 4) is 11.3 Å². The Balaban J connectivity index is 1.66. The van der Waals surface area contributed by atoms with E-state index in [1.807, 2.05) is 31.2 Å². The van der Waals surface area contributed by atoms with Gasteiger partial charge in [-0.25, -0.2) is 4.79 Å². The van der Waals surface area contributed by atoms with Gasteiger partial charge in [0.25, 0.3) is 5.91 Å². The Labute approximate surface area is 173 Å². The Bertz CT molecular complexity index is 1230. The van der Waals surface area contributed by atoms with Crippen LogP contribution in [0.2, 0.25) is 0 Å². The van der Waals surface area contributed by atoms with Crippen LogP contribution in [0.5, 0.6) is 0 Å².